The van der Waals surface area contributed by atoms with Crippen LogP contribution in [-0.4, -0.2) is 42.0 Å². The molecule has 1 atom stereocenters. The van der Waals surface area contributed by atoms with Gasteiger partial charge in [0.2, 0.25) is 11.8 Å². The van der Waals surface area contributed by atoms with Crippen LogP contribution < -0.4 is 14.4 Å². The van der Waals surface area contributed by atoms with E-state index in [1.54, 1.807) is 0 Å². The Morgan fingerprint density at radius 3 is 2.08 bits per heavy atom. The monoisotopic (exact) mass is 536 g/mol. The Morgan fingerprint density at radius 1 is 0.800 bits per heavy atom. The summed E-state index contributed by atoms with van der Waals surface area (Å²) in [6.07, 6.45) is 2.97. The van der Waals surface area contributed by atoms with Gasteiger partial charge < -0.3 is 24.2 Å². The first-order valence-electron chi connectivity index (χ1n) is 14.1. The number of hydrogen-bond donors (Lipinski definition) is 1. The highest BCUT2D eigenvalue weighted by Crippen LogP contribution is 2.40. The van der Waals surface area contributed by atoms with Gasteiger partial charge in [-0.05, 0) is 54.2 Å². The number of pyridine rings is 1. The van der Waals surface area contributed by atoms with Crippen LogP contribution in [0, 0.1) is 5.92 Å². The van der Waals surface area contributed by atoms with E-state index in [0.717, 1.165) is 54.6 Å². The summed E-state index contributed by atoms with van der Waals surface area (Å²) in [6, 6.07) is 32.8. The van der Waals surface area contributed by atoms with Crippen molar-refractivity contribution in [2.24, 2.45) is 5.92 Å². The summed E-state index contributed by atoms with van der Waals surface area (Å²) < 4.78 is 18.4. The van der Waals surface area contributed by atoms with Crippen LogP contribution in [0.4, 0.5) is 5.69 Å². The molecular weight excluding hydrogens is 500 g/mol. The van der Waals surface area contributed by atoms with Gasteiger partial charge in [0.05, 0.1) is 12.2 Å². The minimum absolute atomic E-state index is 0.0508. The molecule has 0 bridgehead atoms. The van der Waals surface area contributed by atoms with Crippen molar-refractivity contribution in [1.29, 1.82) is 0 Å². The Kier molecular flexibility index (Phi) is 7.98. The number of aliphatic hydroxyl groups excluding tert-OH is 1. The summed E-state index contributed by atoms with van der Waals surface area (Å²) >= 11 is 0. The molecule has 1 unspecified atom stereocenters. The first-order valence-corrected chi connectivity index (χ1v) is 14.1. The maximum Gasteiger partial charge on any atom is 0.225 e. The van der Waals surface area contributed by atoms with Gasteiger partial charge in [-0.2, -0.15) is 4.98 Å². The topological polar surface area (TPSA) is 64.1 Å². The quantitative estimate of drug-likeness (QED) is 0.272. The van der Waals surface area contributed by atoms with E-state index in [1.165, 1.54) is 5.69 Å². The smallest absolute Gasteiger partial charge is 0.225 e. The van der Waals surface area contributed by atoms with Crippen molar-refractivity contribution in [3.8, 4) is 22.9 Å². The van der Waals surface area contributed by atoms with E-state index in [9.17, 15) is 5.11 Å². The van der Waals surface area contributed by atoms with Gasteiger partial charge in [0, 0.05) is 42.9 Å². The highest BCUT2D eigenvalue weighted by atomic mass is 16.5. The number of aliphatic hydroxyl groups is 1. The molecule has 206 valence electrons. The Labute approximate surface area is 236 Å². The van der Waals surface area contributed by atoms with Crippen LogP contribution in [0.5, 0.6) is 11.8 Å². The van der Waals surface area contributed by atoms with Gasteiger partial charge in [-0.15, -0.1) is 0 Å². The SMILES string of the molecule is OCC1COC2(CCN(c3ccc(-c4ccc(OCc5ccccc5)nc4OCc4ccccc4)cc3)CC2)C1. The molecule has 0 amide bonds. The summed E-state index contributed by atoms with van der Waals surface area (Å²) in [5, 5.41) is 9.52. The van der Waals surface area contributed by atoms with Crippen molar-refractivity contribution in [2.75, 3.05) is 31.2 Å². The van der Waals surface area contributed by atoms with Crippen LogP contribution in [0.25, 0.3) is 11.1 Å². The third-order valence-electron chi connectivity index (χ3n) is 8.04. The minimum atomic E-state index is -0.0508. The molecule has 6 rings (SSSR count). The predicted molar refractivity (Wildman–Crippen MR) is 157 cm³/mol. The van der Waals surface area contributed by atoms with E-state index in [2.05, 4.69) is 29.2 Å². The third-order valence-corrected chi connectivity index (χ3v) is 8.04. The van der Waals surface area contributed by atoms with Crippen LogP contribution in [0.15, 0.2) is 97.1 Å². The maximum absolute atomic E-state index is 9.52. The van der Waals surface area contributed by atoms with Gasteiger partial charge in [0.25, 0.3) is 0 Å². The molecule has 2 fully saturated rings. The Hall–Kier alpha value is -3.87. The second-order valence-electron chi connectivity index (χ2n) is 10.8. The number of nitrogens with zero attached hydrogens (tertiary/aromatic N) is 2. The molecule has 3 heterocycles. The fraction of sp³-hybridized carbons (Fsp3) is 0.324. The number of rotatable bonds is 9. The molecule has 40 heavy (non-hydrogen) atoms. The number of ether oxygens (including phenoxy) is 3. The van der Waals surface area contributed by atoms with E-state index < -0.39 is 0 Å². The molecule has 2 aliphatic rings. The lowest BCUT2D eigenvalue weighted by atomic mass is 9.85. The Morgan fingerprint density at radius 2 is 1.45 bits per heavy atom. The molecule has 1 spiro atoms. The van der Waals surface area contributed by atoms with Crippen molar-refractivity contribution in [3.63, 3.8) is 0 Å². The van der Waals surface area contributed by atoms with E-state index in [4.69, 9.17) is 19.2 Å². The van der Waals surface area contributed by atoms with Gasteiger partial charge in [0.15, 0.2) is 0 Å². The van der Waals surface area contributed by atoms with Crippen molar-refractivity contribution in [2.45, 2.75) is 38.1 Å². The van der Waals surface area contributed by atoms with E-state index in [-0.39, 0.29) is 18.1 Å². The highest BCUT2D eigenvalue weighted by molar-refractivity contribution is 5.71. The van der Waals surface area contributed by atoms with Crippen LogP contribution in [-0.2, 0) is 18.0 Å². The second-order valence-corrected chi connectivity index (χ2v) is 10.8. The Bertz CT molecular complexity index is 1370. The molecule has 0 aliphatic carbocycles. The lowest BCUT2D eigenvalue weighted by Gasteiger charge is -2.40. The maximum atomic E-state index is 9.52. The zero-order valence-electron chi connectivity index (χ0n) is 22.7. The van der Waals surface area contributed by atoms with Crippen molar-refractivity contribution < 1.29 is 19.3 Å². The second kappa shape index (κ2) is 12.1. The molecule has 2 saturated heterocycles. The van der Waals surface area contributed by atoms with Crippen LogP contribution >= 0.6 is 0 Å². The lowest BCUT2D eigenvalue weighted by molar-refractivity contribution is -0.0156. The average Bonchev–Trinajstić information content (AvgIpc) is 3.43. The zero-order valence-corrected chi connectivity index (χ0v) is 22.7. The first-order chi connectivity index (χ1) is 19.7. The third kappa shape index (κ3) is 6.14. The van der Waals surface area contributed by atoms with E-state index >= 15 is 0 Å². The molecule has 6 nitrogen and oxygen atoms in total. The number of aromatic nitrogens is 1. The Balaban J connectivity index is 1.17. The molecule has 6 heteroatoms. The van der Waals surface area contributed by atoms with Crippen LogP contribution in [0.1, 0.15) is 30.4 Å². The van der Waals surface area contributed by atoms with Gasteiger partial charge in [-0.1, -0.05) is 72.8 Å². The lowest BCUT2D eigenvalue weighted by Crippen LogP contribution is -2.44. The van der Waals surface area contributed by atoms with Crippen molar-refractivity contribution in [1.82, 2.24) is 4.98 Å². The molecule has 0 radical (unpaired) electrons. The fourth-order valence-electron chi connectivity index (χ4n) is 5.72. The number of benzene rings is 3. The summed E-state index contributed by atoms with van der Waals surface area (Å²) in [4.78, 5) is 7.19. The molecule has 4 aromatic rings. The summed E-state index contributed by atoms with van der Waals surface area (Å²) in [5.74, 6) is 1.37. The van der Waals surface area contributed by atoms with Gasteiger partial charge in [0.1, 0.15) is 13.2 Å². The molecule has 0 saturated carbocycles. The fourth-order valence-corrected chi connectivity index (χ4v) is 5.72. The summed E-state index contributed by atoms with van der Waals surface area (Å²) in [5.41, 5.74) is 5.31. The van der Waals surface area contributed by atoms with Crippen molar-refractivity contribution >= 4 is 5.69 Å². The number of piperidine rings is 1. The number of hydrogen-bond acceptors (Lipinski definition) is 6. The van der Waals surface area contributed by atoms with Gasteiger partial charge >= 0.3 is 0 Å². The normalized spacial score (nSPS) is 18.1. The standard InChI is InChI=1S/C34H36N2O4/c37-22-28-21-34(40-25-28)17-19-36(20-18-34)30-13-11-29(12-14-30)31-15-16-32(38-23-26-7-3-1-4-8-26)35-33(31)39-24-27-9-5-2-6-10-27/h1-16,28,37H,17-25H2. The minimum Gasteiger partial charge on any atom is -0.473 e. The number of anilines is 1. The first kappa shape index (κ1) is 26.4. The largest absolute Gasteiger partial charge is 0.473 e. The molecule has 3 aromatic carbocycles. The van der Waals surface area contributed by atoms with Crippen LogP contribution in [0.3, 0.4) is 0 Å². The van der Waals surface area contributed by atoms with Crippen molar-refractivity contribution in [3.05, 3.63) is 108 Å². The molecule has 1 N–H and O–H groups in total. The molecule has 2 aliphatic heterocycles. The highest BCUT2D eigenvalue weighted by Gasteiger charge is 2.42. The van der Waals surface area contributed by atoms with Gasteiger partial charge in [-0.3, -0.25) is 0 Å². The zero-order chi connectivity index (χ0) is 27.2. The van der Waals surface area contributed by atoms with E-state index in [0.29, 0.717) is 31.6 Å². The average molecular weight is 537 g/mol. The van der Waals surface area contributed by atoms with Gasteiger partial charge in [-0.25, -0.2) is 0 Å². The molecule has 1 aromatic heterocycles. The van der Waals surface area contributed by atoms with Crippen LogP contribution in [0.2, 0.25) is 0 Å². The summed E-state index contributed by atoms with van der Waals surface area (Å²) in [6.45, 7) is 3.69. The summed E-state index contributed by atoms with van der Waals surface area (Å²) in [7, 11) is 0. The molecular formula is C34H36N2O4. The predicted octanol–water partition coefficient (Wildman–Crippen LogP) is 6.27. The van der Waals surface area contributed by atoms with E-state index in [1.807, 2.05) is 72.8 Å².